The number of hydrogen-bond donors (Lipinski definition) is 2. The first-order chi connectivity index (χ1) is 14.2. The number of nitrogens with two attached hydrogens (primary N) is 1. The van der Waals surface area contributed by atoms with Crippen LogP contribution in [0.15, 0.2) is 36.4 Å². The van der Waals surface area contributed by atoms with E-state index in [9.17, 15) is 35.7 Å². The van der Waals surface area contributed by atoms with Gasteiger partial charge in [0.1, 0.15) is 5.69 Å². The Morgan fingerprint density at radius 3 is 2.03 bits per heavy atom. The Labute approximate surface area is 175 Å². The number of rotatable bonds is 4. The van der Waals surface area contributed by atoms with Gasteiger partial charge < -0.3 is 15.2 Å². The summed E-state index contributed by atoms with van der Waals surface area (Å²) in [7, 11) is -3.86. The molecule has 1 aromatic heterocycles. The predicted molar refractivity (Wildman–Crippen MR) is 102 cm³/mol. The van der Waals surface area contributed by atoms with E-state index in [1.807, 2.05) is 0 Å². The van der Waals surface area contributed by atoms with Crippen molar-refractivity contribution >= 4 is 46.4 Å². The van der Waals surface area contributed by atoms with E-state index in [4.69, 9.17) is 21.9 Å². The van der Waals surface area contributed by atoms with E-state index in [0.717, 1.165) is 7.11 Å². The van der Waals surface area contributed by atoms with Crippen LogP contribution in [0.25, 0.3) is 10.9 Å². The highest BCUT2D eigenvalue weighted by Gasteiger charge is 2.42. The van der Waals surface area contributed by atoms with Crippen LogP contribution in [0.2, 0.25) is 5.02 Å². The summed E-state index contributed by atoms with van der Waals surface area (Å²) in [6.45, 7) is 0. The molecule has 31 heavy (non-hydrogen) atoms. The number of aromatic nitrogens is 1. The van der Waals surface area contributed by atoms with Gasteiger partial charge in [0.15, 0.2) is 0 Å². The molecule has 1 unspecified atom stereocenters. The SMILES string of the molecule is COP(=O)(c1cc(C(F)(F)F)cc(C(F)(F)F)c1)c1c(C(N)=O)[nH]c2ccc(Cl)cc12. The monoisotopic (exact) mass is 484 g/mol. The van der Waals surface area contributed by atoms with E-state index in [2.05, 4.69) is 4.98 Å². The lowest BCUT2D eigenvalue weighted by molar-refractivity contribution is -0.142. The van der Waals surface area contributed by atoms with Crippen molar-refractivity contribution in [2.45, 2.75) is 12.4 Å². The second kappa shape index (κ2) is 7.58. The molecule has 0 aliphatic heterocycles. The Morgan fingerprint density at radius 2 is 1.58 bits per heavy atom. The molecule has 166 valence electrons. The lowest BCUT2D eigenvalue weighted by atomic mass is 10.1. The first kappa shape index (κ1) is 23.2. The van der Waals surface area contributed by atoms with Crippen LogP contribution in [-0.2, 0) is 21.4 Å². The van der Waals surface area contributed by atoms with E-state index < -0.39 is 53.1 Å². The van der Waals surface area contributed by atoms with E-state index in [0.29, 0.717) is 0 Å². The van der Waals surface area contributed by atoms with Crippen LogP contribution in [0.4, 0.5) is 26.3 Å². The second-order valence-electron chi connectivity index (χ2n) is 6.40. The highest BCUT2D eigenvalue weighted by molar-refractivity contribution is 7.75. The maximum absolute atomic E-state index is 13.8. The van der Waals surface area contributed by atoms with Crippen LogP contribution < -0.4 is 16.3 Å². The third-order valence-electron chi connectivity index (χ3n) is 4.44. The average Bonchev–Trinajstić information content (AvgIpc) is 3.05. The number of carbonyl (C=O) groups excluding carboxylic acids is 1. The van der Waals surface area contributed by atoms with Crippen molar-refractivity contribution in [3.05, 3.63) is 58.2 Å². The molecule has 0 saturated heterocycles. The van der Waals surface area contributed by atoms with Crippen molar-refractivity contribution in [3.8, 4) is 0 Å². The van der Waals surface area contributed by atoms with Crippen LogP contribution in [0.1, 0.15) is 21.6 Å². The lowest BCUT2D eigenvalue weighted by Crippen LogP contribution is -2.27. The number of alkyl halides is 6. The zero-order valence-corrected chi connectivity index (χ0v) is 17.0. The van der Waals surface area contributed by atoms with Gasteiger partial charge in [-0.25, -0.2) is 0 Å². The predicted octanol–water partition coefficient (Wildman–Crippen LogP) is 4.83. The largest absolute Gasteiger partial charge is 0.416 e. The number of halogens is 7. The zero-order valence-electron chi connectivity index (χ0n) is 15.4. The summed E-state index contributed by atoms with van der Waals surface area (Å²) in [4.78, 5) is 14.5. The van der Waals surface area contributed by atoms with Gasteiger partial charge >= 0.3 is 12.4 Å². The normalized spacial score (nSPS) is 14.6. The second-order valence-corrected chi connectivity index (χ2v) is 9.27. The molecular formula is C18H12ClF6N2O3P. The number of fused-ring (bicyclic) bond motifs is 1. The fraction of sp³-hybridized carbons (Fsp3) is 0.167. The van der Waals surface area contributed by atoms with Crippen LogP contribution in [0, 0.1) is 0 Å². The third kappa shape index (κ3) is 4.17. The van der Waals surface area contributed by atoms with Gasteiger partial charge in [0, 0.05) is 28.3 Å². The highest BCUT2D eigenvalue weighted by Crippen LogP contribution is 2.49. The van der Waals surface area contributed by atoms with Crippen LogP contribution in [0.3, 0.4) is 0 Å². The van der Waals surface area contributed by atoms with Gasteiger partial charge in [0.25, 0.3) is 13.3 Å². The van der Waals surface area contributed by atoms with Crippen molar-refractivity contribution in [1.82, 2.24) is 4.98 Å². The molecule has 3 rings (SSSR count). The molecule has 0 aliphatic carbocycles. The Kier molecular flexibility index (Phi) is 5.67. The Morgan fingerprint density at radius 1 is 1.03 bits per heavy atom. The molecule has 1 atom stereocenters. The molecule has 0 saturated carbocycles. The molecule has 1 heterocycles. The van der Waals surface area contributed by atoms with E-state index in [1.165, 1.54) is 18.2 Å². The molecule has 0 radical (unpaired) electrons. The summed E-state index contributed by atoms with van der Waals surface area (Å²) >= 11 is 5.93. The summed E-state index contributed by atoms with van der Waals surface area (Å²) in [6, 6.07) is 4.48. The number of amides is 1. The summed E-state index contributed by atoms with van der Waals surface area (Å²) in [5, 5.41) is -1.29. The number of hydrogen-bond acceptors (Lipinski definition) is 3. The molecule has 0 aliphatic rings. The third-order valence-corrected chi connectivity index (χ3v) is 7.18. The molecule has 2 aromatic carbocycles. The number of nitrogens with one attached hydrogen (secondary N) is 1. The number of primary amides is 1. The lowest BCUT2D eigenvalue weighted by Gasteiger charge is -2.21. The molecule has 13 heteroatoms. The molecule has 0 bridgehead atoms. The topological polar surface area (TPSA) is 85.2 Å². The highest BCUT2D eigenvalue weighted by atomic mass is 35.5. The van der Waals surface area contributed by atoms with Gasteiger partial charge in [-0.3, -0.25) is 9.36 Å². The Hall–Kier alpha value is -2.49. The minimum atomic E-state index is -5.18. The number of H-pyrrole nitrogens is 1. The smallest absolute Gasteiger partial charge is 0.364 e. The molecule has 0 fully saturated rings. The van der Waals surface area contributed by atoms with Gasteiger partial charge in [-0.1, -0.05) is 11.6 Å². The maximum Gasteiger partial charge on any atom is 0.416 e. The van der Waals surface area contributed by atoms with Crippen LogP contribution in [0.5, 0.6) is 0 Å². The molecule has 0 spiro atoms. The quantitative estimate of drug-likeness (QED) is 0.411. The van der Waals surface area contributed by atoms with Crippen molar-refractivity contribution in [1.29, 1.82) is 0 Å². The molecule has 5 nitrogen and oxygen atoms in total. The average molecular weight is 485 g/mol. The van der Waals surface area contributed by atoms with Crippen molar-refractivity contribution in [2.24, 2.45) is 5.73 Å². The zero-order chi connectivity index (χ0) is 23.4. The fourth-order valence-electron chi connectivity index (χ4n) is 3.07. The summed E-state index contributed by atoms with van der Waals surface area (Å²) in [6.07, 6.45) is -10.4. The summed E-state index contributed by atoms with van der Waals surface area (Å²) in [5.74, 6) is -1.15. The van der Waals surface area contributed by atoms with Gasteiger partial charge in [-0.15, -0.1) is 0 Å². The van der Waals surface area contributed by atoms with Crippen LogP contribution in [-0.4, -0.2) is 18.0 Å². The fourth-order valence-corrected chi connectivity index (χ4v) is 5.47. The Balaban J connectivity index is 2.44. The standard InChI is InChI=1S/C18H12ClF6N2O3P/c1-30-31(29,11-5-8(17(20,21)22)4-9(6-11)18(23,24)25)15-12-7-10(19)2-3-13(12)27-14(15)16(26)28/h2-7,27H,1H3,(H2,26,28). The van der Waals surface area contributed by atoms with E-state index >= 15 is 0 Å². The summed E-state index contributed by atoms with van der Waals surface area (Å²) in [5.41, 5.74) is 1.61. The molecule has 3 aromatic rings. The minimum absolute atomic E-state index is 0.00236. The number of benzene rings is 2. The summed E-state index contributed by atoms with van der Waals surface area (Å²) < 4.78 is 98.6. The molecule has 1 amide bonds. The van der Waals surface area contributed by atoms with E-state index in [-0.39, 0.29) is 34.1 Å². The van der Waals surface area contributed by atoms with Gasteiger partial charge in [0.05, 0.1) is 16.4 Å². The first-order valence-corrected chi connectivity index (χ1v) is 10.3. The number of aromatic amines is 1. The minimum Gasteiger partial charge on any atom is -0.364 e. The molecule has 3 N–H and O–H groups in total. The van der Waals surface area contributed by atoms with Gasteiger partial charge in [0.2, 0.25) is 0 Å². The van der Waals surface area contributed by atoms with Crippen molar-refractivity contribution in [3.63, 3.8) is 0 Å². The number of carbonyl (C=O) groups is 1. The first-order valence-electron chi connectivity index (χ1n) is 8.26. The maximum atomic E-state index is 13.8. The van der Waals surface area contributed by atoms with Crippen LogP contribution >= 0.6 is 19.0 Å². The van der Waals surface area contributed by atoms with Crippen molar-refractivity contribution < 1.29 is 40.2 Å². The molecular weight excluding hydrogens is 473 g/mol. The Bertz CT molecular complexity index is 1200. The van der Waals surface area contributed by atoms with E-state index in [1.54, 1.807) is 0 Å². The van der Waals surface area contributed by atoms with Crippen molar-refractivity contribution in [2.75, 3.05) is 7.11 Å². The van der Waals surface area contributed by atoms with Gasteiger partial charge in [-0.05, 0) is 36.4 Å². The van der Waals surface area contributed by atoms with Gasteiger partial charge in [-0.2, -0.15) is 26.3 Å².